The van der Waals surface area contributed by atoms with Crippen LogP contribution >= 0.6 is 39.9 Å². The Bertz CT molecular complexity index is 386. The molecule has 1 fully saturated rings. The number of benzene rings is 1. The van der Waals surface area contributed by atoms with Gasteiger partial charge in [0.1, 0.15) is 6.61 Å². The van der Waals surface area contributed by atoms with E-state index in [1.54, 1.807) is 12.1 Å². The molecule has 1 N–H and O–H groups in total. The number of alkyl carbamates (subject to hydrolysis) is 1. The molecule has 0 aromatic heterocycles. The number of hydrogen-bond donors (Lipinski definition) is 1. The molecule has 1 atom stereocenters. The van der Waals surface area contributed by atoms with Gasteiger partial charge in [0, 0.05) is 9.50 Å². The first kappa shape index (κ1) is 12.6. The summed E-state index contributed by atoms with van der Waals surface area (Å²) >= 11 is 9.19. The van der Waals surface area contributed by atoms with E-state index in [4.69, 9.17) is 16.3 Å². The Balaban J connectivity index is 0.00000112. The van der Waals surface area contributed by atoms with Crippen LogP contribution in [0.3, 0.4) is 0 Å². The van der Waals surface area contributed by atoms with Crippen LogP contribution < -0.4 is 5.32 Å². The third-order valence-electron chi connectivity index (χ3n) is 2.01. The molecule has 1 heterocycles. The van der Waals surface area contributed by atoms with Crippen LogP contribution in [-0.2, 0) is 4.74 Å². The summed E-state index contributed by atoms with van der Waals surface area (Å²) in [6.07, 6.45) is -0.378. The first-order valence-electron chi connectivity index (χ1n) is 4.05. The molecule has 1 aromatic carbocycles. The fraction of sp³-hybridized carbons (Fsp3) is 0.222. The average Bonchev–Trinajstić information content (AvgIpc) is 2.51. The molecule has 1 aromatic rings. The van der Waals surface area contributed by atoms with Gasteiger partial charge in [-0.15, -0.1) is 12.4 Å². The Labute approximate surface area is 107 Å². The van der Waals surface area contributed by atoms with Gasteiger partial charge in [0.25, 0.3) is 0 Å². The lowest BCUT2D eigenvalue weighted by atomic mass is 10.1. The first-order chi connectivity index (χ1) is 6.66. The van der Waals surface area contributed by atoms with Gasteiger partial charge in [-0.25, -0.2) is 4.79 Å². The number of cyclic esters (lactones) is 1. The van der Waals surface area contributed by atoms with E-state index >= 15 is 0 Å². The zero-order valence-corrected chi connectivity index (χ0v) is 10.7. The molecule has 1 saturated heterocycles. The first-order valence-corrected chi connectivity index (χ1v) is 5.22. The molecule has 0 bridgehead atoms. The van der Waals surface area contributed by atoms with Crippen LogP contribution in [0.1, 0.15) is 11.6 Å². The predicted molar refractivity (Wildman–Crippen MR) is 63.6 cm³/mol. The summed E-state index contributed by atoms with van der Waals surface area (Å²) in [5.41, 5.74) is 0.972. The maximum Gasteiger partial charge on any atom is 0.407 e. The fourth-order valence-corrected chi connectivity index (χ4v) is 2.30. The number of hydrogen-bond acceptors (Lipinski definition) is 2. The molecule has 0 radical (unpaired) electrons. The third kappa shape index (κ3) is 2.77. The van der Waals surface area contributed by atoms with Gasteiger partial charge in [0.2, 0.25) is 0 Å². The van der Waals surface area contributed by atoms with Crippen molar-refractivity contribution in [2.75, 3.05) is 6.61 Å². The standard InChI is InChI=1S/C9H7BrClNO2.ClH/c10-7-3-5(11)1-2-6(7)8-4-14-9(13)12-8;/h1-3,8H,4H2,(H,12,13);1H/t8-;/m1./s1. The maximum absolute atomic E-state index is 10.8. The highest BCUT2D eigenvalue weighted by Gasteiger charge is 2.25. The Morgan fingerprint density at radius 3 is 2.80 bits per heavy atom. The molecule has 0 unspecified atom stereocenters. The second-order valence-electron chi connectivity index (χ2n) is 2.96. The number of amides is 1. The van der Waals surface area contributed by atoms with Gasteiger partial charge in [-0.2, -0.15) is 0 Å². The molecular formula is C9H8BrCl2NO2. The van der Waals surface area contributed by atoms with Gasteiger partial charge >= 0.3 is 6.09 Å². The molecule has 2 rings (SSSR count). The van der Waals surface area contributed by atoms with Crippen molar-refractivity contribution in [2.24, 2.45) is 0 Å². The third-order valence-corrected chi connectivity index (χ3v) is 2.93. The second-order valence-corrected chi connectivity index (χ2v) is 4.25. The van der Waals surface area contributed by atoms with Crippen LogP contribution in [0, 0.1) is 0 Å². The number of nitrogens with one attached hydrogen (secondary N) is 1. The van der Waals surface area contributed by atoms with Crippen LogP contribution in [0.5, 0.6) is 0 Å². The van der Waals surface area contributed by atoms with Gasteiger partial charge < -0.3 is 10.1 Å². The van der Waals surface area contributed by atoms with E-state index in [1.165, 1.54) is 0 Å². The van der Waals surface area contributed by atoms with Crippen molar-refractivity contribution in [1.82, 2.24) is 5.32 Å². The lowest BCUT2D eigenvalue weighted by Crippen LogP contribution is -2.18. The van der Waals surface area contributed by atoms with E-state index in [-0.39, 0.29) is 24.5 Å². The summed E-state index contributed by atoms with van der Waals surface area (Å²) in [4.78, 5) is 10.8. The summed E-state index contributed by atoms with van der Waals surface area (Å²) in [7, 11) is 0. The molecule has 82 valence electrons. The van der Waals surface area contributed by atoms with Crippen molar-refractivity contribution in [1.29, 1.82) is 0 Å². The van der Waals surface area contributed by atoms with Crippen LogP contribution in [0.25, 0.3) is 0 Å². The number of ether oxygens (including phenoxy) is 1. The molecule has 0 aliphatic carbocycles. The number of carbonyl (C=O) groups excluding carboxylic acids is 1. The minimum absolute atomic E-state index is 0. The van der Waals surface area contributed by atoms with Gasteiger partial charge in [-0.1, -0.05) is 33.6 Å². The normalized spacial score (nSPS) is 19.1. The highest BCUT2D eigenvalue weighted by molar-refractivity contribution is 9.10. The van der Waals surface area contributed by atoms with Gasteiger partial charge in [0.05, 0.1) is 6.04 Å². The number of carbonyl (C=O) groups is 1. The summed E-state index contributed by atoms with van der Waals surface area (Å²) in [6.45, 7) is 0.360. The van der Waals surface area contributed by atoms with Crippen LogP contribution in [0.4, 0.5) is 4.79 Å². The van der Waals surface area contributed by atoms with Gasteiger partial charge in [0.15, 0.2) is 0 Å². The maximum atomic E-state index is 10.8. The minimum atomic E-state index is -0.378. The van der Waals surface area contributed by atoms with Gasteiger partial charge in [-0.05, 0) is 17.7 Å². The summed E-state index contributed by atoms with van der Waals surface area (Å²) in [6, 6.07) is 5.36. The topological polar surface area (TPSA) is 38.3 Å². The Kier molecular flexibility index (Phi) is 4.25. The predicted octanol–water partition coefficient (Wildman–Crippen LogP) is 3.31. The van der Waals surface area contributed by atoms with Crippen LogP contribution in [0.2, 0.25) is 5.02 Å². The average molecular weight is 313 g/mol. The van der Waals surface area contributed by atoms with E-state index < -0.39 is 0 Å². The SMILES string of the molecule is Cl.O=C1N[C@@H](c2ccc(Cl)cc2Br)CO1. The zero-order chi connectivity index (χ0) is 10.1. The second kappa shape index (κ2) is 5.05. The van der Waals surface area contributed by atoms with E-state index in [1.807, 2.05) is 6.07 Å². The largest absolute Gasteiger partial charge is 0.447 e. The molecule has 0 saturated carbocycles. The molecule has 1 aliphatic heterocycles. The molecule has 1 aliphatic rings. The highest BCUT2D eigenvalue weighted by Crippen LogP contribution is 2.28. The molecule has 1 amide bonds. The number of rotatable bonds is 1. The molecule has 6 heteroatoms. The smallest absolute Gasteiger partial charge is 0.407 e. The quantitative estimate of drug-likeness (QED) is 0.864. The molecule has 15 heavy (non-hydrogen) atoms. The van der Waals surface area contributed by atoms with Gasteiger partial charge in [-0.3, -0.25) is 0 Å². The molecular weight excluding hydrogens is 305 g/mol. The minimum Gasteiger partial charge on any atom is -0.447 e. The lowest BCUT2D eigenvalue weighted by Gasteiger charge is -2.09. The van der Waals surface area contributed by atoms with Crippen LogP contribution in [0.15, 0.2) is 22.7 Å². The van der Waals surface area contributed by atoms with Crippen molar-refractivity contribution in [3.05, 3.63) is 33.3 Å². The van der Waals surface area contributed by atoms with Crippen molar-refractivity contribution in [3.8, 4) is 0 Å². The van der Waals surface area contributed by atoms with E-state index in [0.717, 1.165) is 10.0 Å². The summed E-state index contributed by atoms with van der Waals surface area (Å²) in [5.74, 6) is 0. The van der Waals surface area contributed by atoms with Crippen molar-refractivity contribution in [3.63, 3.8) is 0 Å². The highest BCUT2D eigenvalue weighted by atomic mass is 79.9. The summed E-state index contributed by atoms with van der Waals surface area (Å²) < 4.78 is 5.68. The molecule has 3 nitrogen and oxygen atoms in total. The Morgan fingerprint density at radius 2 is 2.27 bits per heavy atom. The van der Waals surface area contributed by atoms with Crippen LogP contribution in [-0.4, -0.2) is 12.7 Å². The lowest BCUT2D eigenvalue weighted by molar-refractivity contribution is 0.177. The van der Waals surface area contributed by atoms with Crippen molar-refractivity contribution in [2.45, 2.75) is 6.04 Å². The zero-order valence-electron chi connectivity index (χ0n) is 7.50. The monoisotopic (exact) mass is 311 g/mol. The van der Waals surface area contributed by atoms with E-state index in [0.29, 0.717) is 11.6 Å². The Morgan fingerprint density at radius 1 is 1.53 bits per heavy atom. The van der Waals surface area contributed by atoms with E-state index in [9.17, 15) is 4.79 Å². The van der Waals surface area contributed by atoms with E-state index in [2.05, 4.69) is 21.2 Å². The molecule has 0 spiro atoms. The van der Waals surface area contributed by atoms with Crippen molar-refractivity contribution >= 4 is 46.0 Å². The number of halogens is 3. The fourth-order valence-electron chi connectivity index (χ4n) is 1.34. The van der Waals surface area contributed by atoms with Crippen molar-refractivity contribution < 1.29 is 9.53 Å². The summed E-state index contributed by atoms with van der Waals surface area (Å²) in [5, 5.41) is 3.35. The Hall–Kier alpha value is -0.450.